The smallest absolute Gasteiger partial charge is 0.288 e. The summed E-state index contributed by atoms with van der Waals surface area (Å²) in [6.07, 6.45) is 0.265. The van der Waals surface area contributed by atoms with Gasteiger partial charge >= 0.3 is 0 Å². The van der Waals surface area contributed by atoms with Gasteiger partial charge in [-0.05, 0) is 24.6 Å². The number of hydrogen-bond acceptors (Lipinski definition) is 1. The van der Waals surface area contributed by atoms with Crippen molar-refractivity contribution in [2.75, 3.05) is 6.54 Å². The Morgan fingerprint density at radius 3 is 2.52 bits per heavy atom. The molecule has 4 rings (SSSR count). The van der Waals surface area contributed by atoms with Gasteiger partial charge in [-0.1, -0.05) is 55.2 Å². The fraction of sp³-hybridized carbons (Fsp3) is 0.286. The van der Waals surface area contributed by atoms with E-state index in [0.717, 1.165) is 0 Å². The Labute approximate surface area is 145 Å². The monoisotopic (exact) mass is 337 g/mol. The van der Waals surface area contributed by atoms with Gasteiger partial charge in [0.25, 0.3) is 11.8 Å². The molecule has 0 N–H and O–H groups in total. The van der Waals surface area contributed by atoms with E-state index in [0.29, 0.717) is 16.7 Å². The summed E-state index contributed by atoms with van der Waals surface area (Å²) in [5.74, 6) is 1.38. The third-order valence-corrected chi connectivity index (χ3v) is 5.25. The minimum atomic E-state index is -3.13. The molecule has 2 aliphatic rings. The number of alkyl halides is 2. The Hall–Kier alpha value is -2.67. The molecule has 126 valence electrons. The normalized spacial score (nSPS) is 26.4. The van der Waals surface area contributed by atoms with E-state index >= 15 is 8.78 Å². The molecule has 2 aromatic carbocycles. The Morgan fingerprint density at radius 1 is 1.08 bits per heavy atom. The molecule has 0 bridgehead atoms. The Morgan fingerprint density at radius 2 is 1.76 bits per heavy atom. The van der Waals surface area contributed by atoms with E-state index < -0.39 is 17.4 Å². The van der Waals surface area contributed by atoms with Crippen molar-refractivity contribution >= 4 is 5.91 Å². The molecule has 1 saturated heterocycles. The fourth-order valence-electron chi connectivity index (χ4n) is 3.82. The van der Waals surface area contributed by atoms with E-state index in [1.54, 1.807) is 36.4 Å². The molecule has 2 atom stereocenters. The van der Waals surface area contributed by atoms with Crippen LogP contribution in [0.15, 0.2) is 54.6 Å². The highest BCUT2D eigenvalue weighted by Gasteiger charge is 2.67. The van der Waals surface area contributed by atoms with Crippen LogP contribution >= 0.6 is 0 Å². The largest absolute Gasteiger partial charge is 0.313 e. The van der Waals surface area contributed by atoms with E-state index in [2.05, 4.69) is 11.8 Å². The Balaban J connectivity index is 1.98. The molecule has 2 heterocycles. The number of carbonyl (C=O) groups is 1. The average Bonchev–Trinajstić information content (AvgIpc) is 2.88. The lowest BCUT2D eigenvalue weighted by molar-refractivity contribution is -0.167. The molecule has 2 nitrogen and oxygen atoms in total. The van der Waals surface area contributed by atoms with Crippen LogP contribution in [0.4, 0.5) is 8.78 Å². The number of rotatable bonds is 0. The molecule has 0 spiro atoms. The minimum Gasteiger partial charge on any atom is -0.313 e. The van der Waals surface area contributed by atoms with E-state index in [1.165, 1.54) is 11.8 Å². The fourth-order valence-corrected chi connectivity index (χ4v) is 3.82. The number of halogens is 2. The lowest BCUT2D eigenvalue weighted by Crippen LogP contribution is -2.62. The number of carbonyl (C=O) groups excluding carboxylic acids is 1. The predicted octanol–water partition coefficient (Wildman–Crippen LogP) is 4.06. The Bertz CT molecular complexity index is 897. The molecule has 2 unspecified atom stereocenters. The lowest BCUT2D eigenvalue weighted by Gasteiger charge is -2.47. The summed E-state index contributed by atoms with van der Waals surface area (Å²) in [6.45, 7) is 1.82. The number of nitrogens with zero attached hydrogens (tertiary/aromatic N) is 1. The first kappa shape index (κ1) is 15.8. The molecule has 0 saturated carbocycles. The maximum Gasteiger partial charge on any atom is 0.288 e. The maximum absolute atomic E-state index is 15.5. The van der Waals surface area contributed by atoms with Crippen LogP contribution in [-0.2, 0) is 5.54 Å². The topological polar surface area (TPSA) is 20.3 Å². The molecule has 0 aliphatic carbocycles. The zero-order chi connectivity index (χ0) is 17.7. The number of hydrogen-bond donors (Lipinski definition) is 0. The van der Waals surface area contributed by atoms with E-state index in [9.17, 15) is 4.79 Å². The van der Waals surface area contributed by atoms with Crippen LogP contribution in [0.25, 0.3) is 0 Å². The van der Waals surface area contributed by atoms with E-state index in [-0.39, 0.29) is 18.9 Å². The van der Waals surface area contributed by atoms with Gasteiger partial charge in [0.2, 0.25) is 0 Å². The van der Waals surface area contributed by atoms with Crippen molar-refractivity contribution in [3.05, 3.63) is 71.3 Å². The van der Waals surface area contributed by atoms with Gasteiger partial charge in [-0.25, -0.2) is 8.78 Å². The molecule has 2 aromatic rings. The second-order valence-electron chi connectivity index (χ2n) is 6.64. The summed E-state index contributed by atoms with van der Waals surface area (Å²) in [6, 6.07) is 15.7. The van der Waals surface area contributed by atoms with Crippen molar-refractivity contribution in [1.82, 2.24) is 4.90 Å². The van der Waals surface area contributed by atoms with Crippen molar-refractivity contribution in [3.63, 3.8) is 0 Å². The highest BCUT2D eigenvalue weighted by Crippen LogP contribution is 2.55. The first-order chi connectivity index (χ1) is 12.0. The van der Waals surface area contributed by atoms with Crippen LogP contribution in [0.5, 0.6) is 0 Å². The van der Waals surface area contributed by atoms with Crippen molar-refractivity contribution < 1.29 is 13.6 Å². The minimum absolute atomic E-state index is 0.265. The third kappa shape index (κ3) is 2.05. The molecular formula is C21H17F2NO. The zero-order valence-electron chi connectivity index (χ0n) is 13.8. The summed E-state index contributed by atoms with van der Waals surface area (Å²) in [5.41, 5.74) is -0.588. The maximum atomic E-state index is 15.5. The zero-order valence-corrected chi connectivity index (χ0v) is 13.8. The molecular weight excluding hydrogens is 320 g/mol. The van der Waals surface area contributed by atoms with Crippen LogP contribution in [0, 0.1) is 17.8 Å². The first-order valence-electron chi connectivity index (χ1n) is 8.36. The summed E-state index contributed by atoms with van der Waals surface area (Å²) in [4.78, 5) is 14.0. The van der Waals surface area contributed by atoms with Crippen LogP contribution < -0.4 is 0 Å². The van der Waals surface area contributed by atoms with E-state index in [1.807, 2.05) is 18.2 Å². The predicted molar refractivity (Wildman–Crippen MR) is 91.2 cm³/mol. The van der Waals surface area contributed by atoms with Gasteiger partial charge in [-0.3, -0.25) is 4.79 Å². The number of fused-ring (bicyclic) bond motifs is 3. The van der Waals surface area contributed by atoms with Crippen LogP contribution in [0.2, 0.25) is 0 Å². The number of amides is 1. The van der Waals surface area contributed by atoms with Crippen molar-refractivity contribution in [2.45, 2.75) is 24.8 Å². The van der Waals surface area contributed by atoms with Crippen LogP contribution in [0.3, 0.4) is 0 Å². The third-order valence-electron chi connectivity index (χ3n) is 5.25. The van der Waals surface area contributed by atoms with Crippen LogP contribution in [-0.4, -0.2) is 23.3 Å². The standard InChI is InChI=1S/C21H17F2NO/c1-15-12-14-24-19(25)17-9-5-6-10-18(17)20(24,21(15,22)23)13-11-16-7-3-2-4-8-16/h2-10,15H,12,14H2,1H3. The average molecular weight is 337 g/mol. The summed E-state index contributed by atoms with van der Waals surface area (Å²) < 4.78 is 30.9. The van der Waals surface area contributed by atoms with Crippen molar-refractivity contribution in [3.8, 4) is 11.8 Å². The molecule has 0 radical (unpaired) electrons. The van der Waals surface area contributed by atoms with Gasteiger partial charge in [0.05, 0.1) is 0 Å². The second-order valence-corrected chi connectivity index (χ2v) is 6.64. The van der Waals surface area contributed by atoms with Crippen LogP contribution in [0.1, 0.15) is 34.8 Å². The molecule has 1 fully saturated rings. The second kappa shape index (κ2) is 5.42. The molecule has 25 heavy (non-hydrogen) atoms. The van der Waals surface area contributed by atoms with Gasteiger partial charge in [0.1, 0.15) is 0 Å². The highest BCUT2D eigenvalue weighted by molar-refractivity contribution is 6.01. The van der Waals surface area contributed by atoms with Crippen molar-refractivity contribution in [2.24, 2.45) is 5.92 Å². The number of benzene rings is 2. The van der Waals surface area contributed by atoms with Crippen molar-refractivity contribution in [1.29, 1.82) is 0 Å². The summed E-state index contributed by atoms with van der Waals surface area (Å²) in [5, 5.41) is 0. The summed E-state index contributed by atoms with van der Waals surface area (Å²) in [7, 11) is 0. The first-order valence-corrected chi connectivity index (χ1v) is 8.36. The number of piperidine rings is 1. The van der Waals surface area contributed by atoms with Gasteiger partial charge in [-0.2, -0.15) is 0 Å². The molecule has 2 aliphatic heterocycles. The highest BCUT2D eigenvalue weighted by atomic mass is 19.3. The summed E-state index contributed by atoms with van der Waals surface area (Å²) >= 11 is 0. The van der Waals surface area contributed by atoms with Gasteiger partial charge in [-0.15, -0.1) is 0 Å². The lowest BCUT2D eigenvalue weighted by atomic mass is 9.74. The van der Waals surface area contributed by atoms with E-state index in [4.69, 9.17) is 0 Å². The molecule has 0 aromatic heterocycles. The quantitative estimate of drug-likeness (QED) is 0.664. The molecule has 4 heteroatoms. The SMILES string of the molecule is CC1CCN2C(=O)c3ccccc3C2(C#Cc2ccccc2)C1(F)F. The Kier molecular flexibility index (Phi) is 3.43. The molecule has 1 amide bonds. The van der Waals surface area contributed by atoms with Gasteiger partial charge in [0, 0.05) is 29.2 Å². The van der Waals surface area contributed by atoms with Gasteiger partial charge in [0.15, 0.2) is 5.54 Å². The van der Waals surface area contributed by atoms with Gasteiger partial charge < -0.3 is 4.90 Å².